The highest BCUT2D eigenvalue weighted by Gasteiger charge is 2.19. The fourth-order valence-electron chi connectivity index (χ4n) is 2.24. The number of anilines is 1. The van der Waals surface area contributed by atoms with E-state index in [9.17, 15) is 4.79 Å². The van der Waals surface area contributed by atoms with Crippen molar-refractivity contribution < 1.29 is 0 Å². The molecule has 0 saturated heterocycles. The van der Waals surface area contributed by atoms with E-state index in [0.29, 0.717) is 23.5 Å². The Balaban J connectivity index is 1.95. The summed E-state index contributed by atoms with van der Waals surface area (Å²) in [4.78, 5) is 19.4. The van der Waals surface area contributed by atoms with E-state index in [1.165, 1.54) is 0 Å². The third-order valence-electron chi connectivity index (χ3n) is 3.29. The lowest BCUT2D eigenvalue weighted by atomic mass is 10.1. The monoisotopic (exact) mass is 301 g/mol. The highest BCUT2D eigenvalue weighted by atomic mass is 16.1. The predicted octanol–water partition coefficient (Wildman–Crippen LogP) is 1.22. The number of hydrogen-bond acceptors (Lipinski definition) is 5. The lowest BCUT2D eigenvalue weighted by Crippen LogP contribution is -2.24. The molecule has 3 heterocycles. The van der Waals surface area contributed by atoms with Crippen LogP contribution in [0.5, 0.6) is 0 Å². The molecule has 0 fully saturated rings. The van der Waals surface area contributed by atoms with Gasteiger partial charge in [0.1, 0.15) is 5.39 Å². The van der Waals surface area contributed by atoms with Crippen molar-refractivity contribution in [3.63, 3.8) is 0 Å². The zero-order valence-electron chi connectivity index (χ0n) is 13.1. The lowest BCUT2D eigenvalue weighted by molar-refractivity contribution is 0.366. The number of aromatic nitrogens is 6. The van der Waals surface area contributed by atoms with Crippen LogP contribution in [0, 0.1) is 0 Å². The molecule has 0 amide bonds. The van der Waals surface area contributed by atoms with Crippen LogP contribution in [-0.4, -0.2) is 29.5 Å². The first-order valence-corrected chi connectivity index (χ1v) is 7.04. The van der Waals surface area contributed by atoms with Gasteiger partial charge in [0.05, 0.1) is 17.9 Å². The standard InChI is InChI=1S/C14H19N7O/c1-14(2,3)21-11-10(7-17-21)12(22)19-13(18-11)15-5-9-6-16-20(4)8-9/h6-8H,5H2,1-4H3,(H2,15,18,19,22). The third-order valence-corrected chi connectivity index (χ3v) is 3.29. The molecule has 0 aliphatic carbocycles. The van der Waals surface area contributed by atoms with Gasteiger partial charge >= 0.3 is 0 Å². The minimum Gasteiger partial charge on any atom is -0.351 e. The zero-order valence-corrected chi connectivity index (χ0v) is 13.1. The van der Waals surface area contributed by atoms with Gasteiger partial charge in [0.2, 0.25) is 5.95 Å². The van der Waals surface area contributed by atoms with Crippen molar-refractivity contribution in [2.24, 2.45) is 7.05 Å². The normalized spacial score (nSPS) is 12.0. The summed E-state index contributed by atoms with van der Waals surface area (Å²) in [5, 5.41) is 12.0. The molecule has 8 heteroatoms. The van der Waals surface area contributed by atoms with Crippen LogP contribution < -0.4 is 10.9 Å². The molecule has 0 aliphatic rings. The van der Waals surface area contributed by atoms with E-state index in [-0.39, 0.29) is 11.1 Å². The Hall–Kier alpha value is -2.64. The molecule has 2 N–H and O–H groups in total. The summed E-state index contributed by atoms with van der Waals surface area (Å²) in [5.74, 6) is 0.423. The van der Waals surface area contributed by atoms with Crippen LogP contribution in [0.2, 0.25) is 0 Å². The number of aryl methyl sites for hydroxylation is 1. The van der Waals surface area contributed by atoms with E-state index in [1.54, 1.807) is 21.8 Å². The molecule has 0 unspecified atom stereocenters. The quantitative estimate of drug-likeness (QED) is 0.758. The largest absolute Gasteiger partial charge is 0.351 e. The first kappa shape index (κ1) is 14.3. The number of hydrogen-bond donors (Lipinski definition) is 2. The van der Waals surface area contributed by atoms with Crippen LogP contribution >= 0.6 is 0 Å². The van der Waals surface area contributed by atoms with Gasteiger partial charge in [0, 0.05) is 25.4 Å². The highest BCUT2D eigenvalue weighted by Crippen LogP contribution is 2.18. The Morgan fingerprint density at radius 2 is 2.05 bits per heavy atom. The maximum atomic E-state index is 12.1. The number of rotatable bonds is 3. The average molecular weight is 301 g/mol. The van der Waals surface area contributed by atoms with Crippen molar-refractivity contribution in [1.29, 1.82) is 0 Å². The van der Waals surface area contributed by atoms with E-state index < -0.39 is 0 Å². The predicted molar refractivity (Wildman–Crippen MR) is 83.7 cm³/mol. The maximum Gasteiger partial charge on any atom is 0.263 e. The van der Waals surface area contributed by atoms with E-state index in [2.05, 4.69) is 25.5 Å². The second kappa shape index (κ2) is 4.97. The minimum atomic E-state index is -0.247. The molecule has 8 nitrogen and oxygen atoms in total. The van der Waals surface area contributed by atoms with Crippen molar-refractivity contribution in [3.8, 4) is 0 Å². The Bertz CT molecular complexity index is 865. The van der Waals surface area contributed by atoms with Crippen molar-refractivity contribution in [2.75, 3.05) is 5.32 Å². The lowest BCUT2D eigenvalue weighted by Gasteiger charge is -2.19. The average Bonchev–Trinajstić information content (AvgIpc) is 3.02. The number of H-pyrrole nitrogens is 1. The fourth-order valence-corrected chi connectivity index (χ4v) is 2.24. The van der Waals surface area contributed by atoms with E-state index in [1.807, 2.05) is 34.0 Å². The van der Waals surface area contributed by atoms with E-state index in [4.69, 9.17) is 0 Å². The van der Waals surface area contributed by atoms with E-state index >= 15 is 0 Å². The van der Waals surface area contributed by atoms with Gasteiger partial charge in [0.25, 0.3) is 5.56 Å². The summed E-state index contributed by atoms with van der Waals surface area (Å²) >= 11 is 0. The van der Waals surface area contributed by atoms with Gasteiger partial charge in [0.15, 0.2) is 5.65 Å². The van der Waals surface area contributed by atoms with Crippen LogP contribution in [0.1, 0.15) is 26.3 Å². The number of aromatic amines is 1. The van der Waals surface area contributed by atoms with Crippen molar-refractivity contribution in [1.82, 2.24) is 29.5 Å². The van der Waals surface area contributed by atoms with Crippen LogP contribution in [0.25, 0.3) is 11.0 Å². The SMILES string of the molecule is Cn1cc(CNc2nc3c(cnn3C(C)(C)C)c(=O)[nH]2)cn1. The Kier molecular flexibility index (Phi) is 3.23. The van der Waals surface area contributed by atoms with E-state index in [0.717, 1.165) is 5.56 Å². The molecule has 22 heavy (non-hydrogen) atoms. The Morgan fingerprint density at radius 3 is 2.68 bits per heavy atom. The summed E-state index contributed by atoms with van der Waals surface area (Å²) in [6.07, 6.45) is 5.23. The summed E-state index contributed by atoms with van der Waals surface area (Å²) in [6, 6.07) is 0. The van der Waals surface area contributed by atoms with Gasteiger partial charge in [-0.2, -0.15) is 15.2 Å². The van der Waals surface area contributed by atoms with Crippen LogP contribution in [0.3, 0.4) is 0 Å². The minimum absolute atomic E-state index is 0.200. The van der Waals surface area contributed by atoms with Gasteiger partial charge in [-0.15, -0.1) is 0 Å². The number of nitrogens with one attached hydrogen (secondary N) is 2. The maximum absolute atomic E-state index is 12.1. The third kappa shape index (κ3) is 2.59. The molecule has 0 bridgehead atoms. The molecule has 0 atom stereocenters. The van der Waals surface area contributed by atoms with Gasteiger partial charge in [-0.05, 0) is 20.8 Å². The van der Waals surface area contributed by atoms with Gasteiger partial charge in [-0.25, -0.2) is 4.68 Å². The summed E-state index contributed by atoms with van der Waals surface area (Å²) in [6.45, 7) is 6.59. The molecule has 0 aliphatic heterocycles. The van der Waals surface area contributed by atoms with Gasteiger partial charge < -0.3 is 5.32 Å². The smallest absolute Gasteiger partial charge is 0.263 e. The summed E-state index contributed by atoms with van der Waals surface area (Å²) < 4.78 is 3.48. The first-order chi connectivity index (χ1) is 10.3. The highest BCUT2D eigenvalue weighted by molar-refractivity contribution is 5.74. The molecule has 0 aromatic carbocycles. The van der Waals surface area contributed by atoms with Crippen molar-refractivity contribution in [3.05, 3.63) is 34.5 Å². The molecule has 0 radical (unpaired) electrons. The van der Waals surface area contributed by atoms with Gasteiger partial charge in [-0.1, -0.05) is 0 Å². The second-order valence-corrected chi connectivity index (χ2v) is 6.25. The molecule has 0 saturated carbocycles. The van der Waals surface area contributed by atoms with Gasteiger partial charge in [-0.3, -0.25) is 14.5 Å². The molecule has 116 valence electrons. The van der Waals surface area contributed by atoms with Crippen molar-refractivity contribution >= 4 is 17.0 Å². The number of nitrogens with zero attached hydrogens (tertiary/aromatic N) is 5. The molecule has 0 spiro atoms. The number of fused-ring (bicyclic) bond motifs is 1. The first-order valence-electron chi connectivity index (χ1n) is 7.04. The van der Waals surface area contributed by atoms with Crippen molar-refractivity contribution in [2.45, 2.75) is 32.9 Å². The van der Waals surface area contributed by atoms with Crippen LogP contribution in [-0.2, 0) is 19.1 Å². The molecule has 3 aromatic rings. The molecular formula is C14H19N7O. The second-order valence-electron chi connectivity index (χ2n) is 6.25. The topological polar surface area (TPSA) is 93.4 Å². The Morgan fingerprint density at radius 1 is 1.27 bits per heavy atom. The van der Waals surface area contributed by atoms with Crippen LogP contribution in [0.15, 0.2) is 23.4 Å². The summed E-state index contributed by atoms with van der Waals surface area (Å²) in [5.41, 5.74) is 1.14. The molecular weight excluding hydrogens is 282 g/mol. The zero-order chi connectivity index (χ0) is 15.9. The Labute approximate surface area is 127 Å². The molecule has 3 aromatic heterocycles. The fraction of sp³-hybridized carbons (Fsp3) is 0.429. The molecule has 3 rings (SSSR count). The van der Waals surface area contributed by atoms with Crippen LogP contribution in [0.4, 0.5) is 5.95 Å². The summed E-state index contributed by atoms with van der Waals surface area (Å²) in [7, 11) is 1.86.